The van der Waals surface area contributed by atoms with Crippen LogP contribution in [-0.2, 0) is 4.79 Å². The number of benzene rings is 1. The van der Waals surface area contributed by atoms with Crippen molar-refractivity contribution in [3.05, 3.63) is 27.8 Å². The Morgan fingerprint density at radius 1 is 1.47 bits per heavy atom. The first kappa shape index (κ1) is 14.1. The maximum atomic E-state index is 12.1. The number of carbonyl (C=O) groups is 2. The van der Waals surface area contributed by atoms with Gasteiger partial charge < -0.3 is 15.3 Å². The van der Waals surface area contributed by atoms with E-state index in [2.05, 4.69) is 27.9 Å². The second-order valence-corrected chi connectivity index (χ2v) is 5.93. The number of amides is 2. The number of hydrogen-bond acceptors (Lipinski definition) is 2. The fraction of sp³-hybridized carbons (Fsp3) is 0.385. The highest BCUT2D eigenvalue weighted by molar-refractivity contribution is 14.1. The van der Waals surface area contributed by atoms with Gasteiger partial charge in [0.2, 0.25) is 0 Å². The monoisotopic (exact) mass is 374 g/mol. The smallest absolute Gasteiger partial charge is 0.326 e. The molecule has 1 heterocycles. The average Bonchev–Trinajstić information content (AvgIpc) is 2.71. The zero-order valence-electron chi connectivity index (χ0n) is 10.5. The quantitative estimate of drug-likeness (QED) is 0.782. The number of likely N-dealkylation sites (tertiary alicyclic amines) is 1. The van der Waals surface area contributed by atoms with Crippen molar-refractivity contribution in [2.45, 2.75) is 19.4 Å². The van der Waals surface area contributed by atoms with E-state index in [1.54, 1.807) is 6.07 Å². The third kappa shape index (κ3) is 3.17. The van der Waals surface area contributed by atoms with Crippen molar-refractivity contribution in [1.29, 1.82) is 0 Å². The van der Waals surface area contributed by atoms with Crippen LogP contribution in [0, 0.1) is 9.49 Å². The number of nitrogens with one attached hydrogen (secondary N) is 1. The van der Waals surface area contributed by atoms with Crippen molar-refractivity contribution in [2.24, 2.45) is 5.92 Å². The fourth-order valence-corrected chi connectivity index (χ4v) is 2.86. The largest absolute Gasteiger partial charge is 0.480 e. The number of nitrogens with zero attached hydrogens (tertiary/aromatic N) is 1. The van der Waals surface area contributed by atoms with Crippen LogP contribution in [0.15, 0.2) is 24.3 Å². The summed E-state index contributed by atoms with van der Waals surface area (Å²) < 4.78 is 1.01. The number of hydrogen-bond donors (Lipinski definition) is 2. The first-order chi connectivity index (χ1) is 8.99. The lowest BCUT2D eigenvalue weighted by molar-refractivity contribution is -0.142. The van der Waals surface area contributed by atoms with Gasteiger partial charge in [-0.2, -0.15) is 0 Å². The zero-order chi connectivity index (χ0) is 14.0. The molecule has 1 aromatic carbocycles. The molecule has 2 atom stereocenters. The molecule has 2 rings (SSSR count). The van der Waals surface area contributed by atoms with Crippen LogP contribution in [-0.4, -0.2) is 34.6 Å². The molecule has 1 aliphatic heterocycles. The lowest BCUT2D eigenvalue weighted by Crippen LogP contribution is -2.44. The molecule has 19 heavy (non-hydrogen) atoms. The summed E-state index contributed by atoms with van der Waals surface area (Å²) in [5.41, 5.74) is 0.681. The minimum atomic E-state index is -0.942. The van der Waals surface area contributed by atoms with Crippen LogP contribution in [0.25, 0.3) is 0 Å². The molecule has 1 aromatic rings. The number of rotatable bonds is 2. The molecular formula is C13H15IN2O3. The molecule has 0 saturated carbocycles. The summed E-state index contributed by atoms with van der Waals surface area (Å²) in [6, 6.07) is 6.32. The van der Waals surface area contributed by atoms with Crippen LogP contribution < -0.4 is 5.32 Å². The third-order valence-electron chi connectivity index (χ3n) is 3.29. The molecule has 0 aliphatic carbocycles. The minimum Gasteiger partial charge on any atom is -0.480 e. The molecule has 2 amide bonds. The number of aliphatic carboxylic acids is 1. The molecule has 2 N–H and O–H groups in total. The van der Waals surface area contributed by atoms with E-state index in [0.29, 0.717) is 12.2 Å². The number of carboxylic acid groups (broad SMARTS) is 1. The molecule has 2 unspecified atom stereocenters. The lowest BCUT2D eigenvalue weighted by atomic mass is 10.0. The molecule has 0 aromatic heterocycles. The summed E-state index contributed by atoms with van der Waals surface area (Å²) in [6.07, 6.45) is 0.719. The maximum absolute atomic E-state index is 12.1. The Kier molecular flexibility index (Phi) is 4.28. The number of anilines is 1. The topological polar surface area (TPSA) is 69.6 Å². The number of carbonyl (C=O) groups excluding carboxylic acids is 1. The molecule has 1 aliphatic rings. The van der Waals surface area contributed by atoms with Gasteiger partial charge in [0.15, 0.2) is 0 Å². The highest BCUT2D eigenvalue weighted by Gasteiger charge is 2.39. The second kappa shape index (κ2) is 5.77. The number of halogens is 1. The van der Waals surface area contributed by atoms with E-state index in [0.717, 1.165) is 9.99 Å². The molecule has 6 heteroatoms. The second-order valence-electron chi connectivity index (χ2n) is 4.68. The predicted octanol–water partition coefficient (Wildman–Crippen LogP) is 2.62. The van der Waals surface area contributed by atoms with Crippen LogP contribution >= 0.6 is 22.6 Å². The summed E-state index contributed by atoms with van der Waals surface area (Å²) in [6.45, 7) is 2.34. The van der Waals surface area contributed by atoms with Crippen molar-refractivity contribution in [3.8, 4) is 0 Å². The summed E-state index contributed by atoms with van der Waals surface area (Å²) in [4.78, 5) is 24.7. The molecule has 0 radical (unpaired) electrons. The van der Waals surface area contributed by atoms with E-state index in [1.165, 1.54) is 4.90 Å². The predicted molar refractivity (Wildman–Crippen MR) is 80.1 cm³/mol. The SMILES string of the molecule is CC1CCN(C(=O)Nc2cccc(I)c2)C1C(=O)O. The molecule has 0 spiro atoms. The van der Waals surface area contributed by atoms with E-state index >= 15 is 0 Å². The molecule has 5 nitrogen and oxygen atoms in total. The zero-order valence-corrected chi connectivity index (χ0v) is 12.6. The number of urea groups is 1. The van der Waals surface area contributed by atoms with Crippen LogP contribution in [0.2, 0.25) is 0 Å². The van der Waals surface area contributed by atoms with Gasteiger partial charge >= 0.3 is 12.0 Å². The van der Waals surface area contributed by atoms with Crippen molar-refractivity contribution in [3.63, 3.8) is 0 Å². The Balaban J connectivity index is 2.10. The van der Waals surface area contributed by atoms with Gasteiger partial charge in [0.25, 0.3) is 0 Å². The van der Waals surface area contributed by atoms with Gasteiger partial charge in [0.1, 0.15) is 6.04 Å². The number of carboxylic acids is 1. The fourth-order valence-electron chi connectivity index (χ4n) is 2.31. The minimum absolute atomic E-state index is 0.0147. The normalized spacial score (nSPS) is 22.3. The van der Waals surface area contributed by atoms with E-state index < -0.39 is 12.0 Å². The van der Waals surface area contributed by atoms with Crippen molar-refractivity contribution < 1.29 is 14.7 Å². The first-order valence-electron chi connectivity index (χ1n) is 6.05. The van der Waals surface area contributed by atoms with Gasteiger partial charge in [-0.15, -0.1) is 0 Å². The summed E-state index contributed by atoms with van der Waals surface area (Å²) in [7, 11) is 0. The van der Waals surface area contributed by atoms with E-state index in [4.69, 9.17) is 0 Å². The highest BCUT2D eigenvalue weighted by Crippen LogP contribution is 2.25. The molecule has 1 fully saturated rings. The van der Waals surface area contributed by atoms with Gasteiger partial charge in [-0.25, -0.2) is 9.59 Å². The van der Waals surface area contributed by atoms with Crippen molar-refractivity contribution in [1.82, 2.24) is 4.90 Å². The van der Waals surface area contributed by atoms with Crippen molar-refractivity contribution in [2.75, 3.05) is 11.9 Å². The van der Waals surface area contributed by atoms with Crippen LogP contribution in [0.1, 0.15) is 13.3 Å². The molecule has 102 valence electrons. The maximum Gasteiger partial charge on any atom is 0.326 e. The van der Waals surface area contributed by atoms with Crippen LogP contribution in [0.5, 0.6) is 0 Å². The summed E-state index contributed by atoms with van der Waals surface area (Å²) in [5.74, 6) is -0.957. The van der Waals surface area contributed by atoms with Crippen molar-refractivity contribution >= 4 is 40.3 Å². The van der Waals surface area contributed by atoms with Gasteiger partial charge in [0, 0.05) is 15.8 Å². The Labute approximate surface area is 125 Å². The Bertz CT molecular complexity index is 506. The Morgan fingerprint density at radius 3 is 2.84 bits per heavy atom. The standard InChI is InChI=1S/C13H15IN2O3/c1-8-5-6-16(11(8)12(17)18)13(19)15-10-4-2-3-9(14)7-10/h2-4,7-8,11H,5-6H2,1H3,(H,15,19)(H,17,18). The molecule has 1 saturated heterocycles. The lowest BCUT2D eigenvalue weighted by Gasteiger charge is -2.23. The van der Waals surface area contributed by atoms with Crippen LogP contribution in [0.4, 0.5) is 10.5 Å². The summed E-state index contributed by atoms with van der Waals surface area (Å²) >= 11 is 2.16. The molecule has 0 bridgehead atoms. The first-order valence-corrected chi connectivity index (χ1v) is 7.13. The third-order valence-corrected chi connectivity index (χ3v) is 3.96. The van der Waals surface area contributed by atoms with E-state index in [9.17, 15) is 14.7 Å². The summed E-state index contributed by atoms with van der Waals surface area (Å²) in [5, 5.41) is 11.9. The van der Waals surface area contributed by atoms with Gasteiger partial charge in [-0.1, -0.05) is 13.0 Å². The van der Waals surface area contributed by atoms with E-state index in [-0.39, 0.29) is 11.9 Å². The van der Waals surface area contributed by atoms with Gasteiger partial charge in [-0.05, 0) is 53.1 Å². The van der Waals surface area contributed by atoms with E-state index in [1.807, 2.05) is 25.1 Å². The van der Waals surface area contributed by atoms with Gasteiger partial charge in [-0.3, -0.25) is 0 Å². The average molecular weight is 374 g/mol. The van der Waals surface area contributed by atoms with Crippen LogP contribution in [0.3, 0.4) is 0 Å². The molecular weight excluding hydrogens is 359 g/mol. The highest BCUT2D eigenvalue weighted by atomic mass is 127. The Hall–Kier alpha value is -1.31. The van der Waals surface area contributed by atoms with Gasteiger partial charge in [0.05, 0.1) is 0 Å². The Morgan fingerprint density at radius 2 is 2.21 bits per heavy atom.